The second kappa shape index (κ2) is 8.83. The number of halogens is 1. The number of rotatable bonds is 6. The number of nitrogens with zero attached hydrogens (tertiary/aromatic N) is 4. The molecule has 2 heterocycles. The molecular formula is C22H18BrN5O2S. The average Bonchev–Trinajstić information content (AvgIpc) is 3.34. The van der Waals surface area contributed by atoms with Crippen molar-refractivity contribution in [1.29, 1.82) is 0 Å². The number of nitrogens with one attached hydrogen (secondary N) is 1. The molecule has 0 saturated heterocycles. The van der Waals surface area contributed by atoms with Crippen molar-refractivity contribution >= 4 is 50.1 Å². The molecule has 7 nitrogen and oxygen atoms in total. The molecule has 0 amide bonds. The number of hydrogen-bond donors (Lipinski definition) is 1. The number of aromatic nitrogens is 2. The maximum absolute atomic E-state index is 11.0. The van der Waals surface area contributed by atoms with Gasteiger partial charge in [0.05, 0.1) is 23.4 Å². The zero-order valence-electron chi connectivity index (χ0n) is 16.6. The molecule has 2 aromatic carbocycles. The van der Waals surface area contributed by atoms with E-state index in [2.05, 4.69) is 32.5 Å². The molecule has 0 fully saturated rings. The monoisotopic (exact) mass is 495 g/mol. The summed E-state index contributed by atoms with van der Waals surface area (Å²) in [6.07, 6.45) is 3.69. The Morgan fingerprint density at radius 2 is 2.10 bits per heavy atom. The number of H-pyrrole nitrogens is 1. The van der Waals surface area contributed by atoms with Crippen LogP contribution >= 0.6 is 27.3 Å². The molecule has 0 aliphatic rings. The van der Waals surface area contributed by atoms with E-state index < -0.39 is 4.92 Å². The summed E-state index contributed by atoms with van der Waals surface area (Å²) in [7, 11) is 0. The minimum absolute atomic E-state index is 0.0468. The number of nitro groups is 1. The Bertz CT molecular complexity index is 1380. The van der Waals surface area contributed by atoms with Gasteiger partial charge in [0.15, 0.2) is 0 Å². The van der Waals surface area contributed by atoms with Crippen LogP contribution in [0.25, 0.3) is 22.2 Å². The smallest absolute Gasteiger partial charge is 0.269 e. The van der Waals surface area contributed by atoms with Gasteiger partial charge in [-0.3, -0.25) is 15.1 Å². The highest BCUT2D eigenvalue weighted by molar-refractivity contribution is 9.10. The normalized spacial score (nSPS) is 12.1. The number of aromatic amines is 1. The van der Waals surface area contributed by atoms with E-state index in [0.717, 1.165) is 37.8 Å². The molecule has 1 N–H and O–H groups in total. The van der Waals surface area contributed by atoms with E-state index in [-0.39, 0.29) is 5.69 Å². The van der Waals surface area contributed by atoms with Crippen LogP contribution in [-0.4, -0.2) is 27.3 Å². The predicted octanol–water partition coefficient (Wildman–Crippen LogP) is 5.73. The number of nitro benzene ring substituents is 1. The highest BCUT2D eigenvalue weighted by Crippen LogP contribution is 2.24. The van der Waals surface area contributed by atoms with E-state index in [1.165, 1.54) is 23.5 Å². The molecule has 4 rings (SSSR count). The summed E-state index contributed by atoms with van der Waals surface area (Å²) >= 11 is 4.97. The van der Waals surface area contributed by atoms with Crippen LogP contribution in [0, 0.1) is 10.1 Å². The zero-order chi connectivity index (χ0) is 22.0. The number of benzene rings is 2. The zero-order valence-corrected chi connectivity index (χ0v) is 19.0. The molecule has 0 bridgehead atoms. The van der Waals surface area contributed by atoms with Gasteiger partial charge in [-0.1, -0.05) is 28.1 Å². The molecular weight excluding hydrogens is 478 g/mol. The van der Waals surface area contributed by atoms with Crippen molar-refractivity contribution in [2.75, 3.05) is 6.54 Å². The van der Waals surface area contributed by atoms with Crippen LogP contribution in [0.15, 0.2) is 80.8 Å². The first-order valence-corrected chi connectivity index (χ1v) is 11.0. The fraction of sp³-hybridized carbons (Fsp3) is 0.0909. The summed E-state index contributed by atoms with van der Waals surface area (Å²) in [4.78, 5) is 19.2. The predicted molar refractivity (Wildman–Crippen MR) is 129 cm³/mol. The Balaban J connectivity index is 1.80. The van der Waals surface area contributed by atoms with Crippen LogP contribution < -0.4 is 4.80 Å². The second-order valence-electron chi connectivity index (χ2n) is 6.97. The first-order valence-electron chi connectivity index (χ1n) is 9.33. The molecule has 0 aliphatic carbocycles. The van der Waals surface area contributed by atoms with Crippen LogP contribution in [0.2, 0.25) is 0 Å². The van der Waals surface area contributed by atoms with Gasteiger partial charge in [-0.2, -0.15) is 5.10 Å². The maximum Gasteiger partial charge on any atom is 0.269 e. The highest BCUT2D eigenvalue weighted by Gasteiger charge is 2.11. The molecule has 4 aromatic rings. The summed E-state index contributed by atoms with van der Waals surface area (Å²) in [5, 5.41) is 18.7. The number of non-ortho nitro benzene ring substituents is 1. The van der Waals surface area contributed by atoms with E-state index in [4.69, 9.17) is 5.10 Å². The summed E-state index contributed by atoms with van der Waals surface area (Å²) in [6.45, 7) is 6.33. The number of hydrogen-bond acceptors (Lipinski definition) is 5. The summed E-state index contributed by atoms with van der Waals surface area (Å²) < 4.78 is 2.74. The Labute approximate surface area is 190 Å². The number of thiazole rings is 1. The van der Waals surface area contributed by atoms with Crippen LogP contribution in [0.4, 0.5) is 5.69 Å². The average molecular weight is 496 g/mol. The summed E-state index contributed by atoms with van der Waals surface area (Å²) in [5.41, 5.74) is 4.57. The molecule has 0 radical (unpaired) electrons. The van der Waals surface area contributed by atoms with Crippen LogP contribution in [0.1, 0.15) is 12.5 Å². The van der Waals surface area contributed by atoms with Crippen molar-refractivity contribution in [2.24, 2.45) is 10.1 Å². The van der Waals surface area contributed by atoms with Crippen molar-refractivity contribution in [3.8, 4) is 11.3 Å². The fourth-order valence-electron chi connectivity index (χ4n) is 3.02. The van der Waals surface area contributed by atoms with Crippen LogP contribution in [0.5, 0.6) is 0 Å². The Kier molecular flexibility index (Phi) is 5.97. The van der Waals surface area contributed by atoms with Gasteiger partial charge in [-0.15, -0.1) is 11.3 Å². The lowest BCUT2D eigenvalue weighted by Crippen LogP contribution is -2.13. The first kappa shape index (κ1) is 21.0. The molecule has 2 aromatic heterocycles. The van der Waals surface area contributed by atoms with Gasteiger partial charge in [0, 0.05) is 50.2 Å². The van der Waals surface area contributed by atoms with Crippen molar-refractivity contribution in [3.63, 3.8) is 0 Å². The molecule has 0 spiro atoms. The molecule has 31 heavy (non-hydrogen) atoms. The van der Waals surface area contributed by atoms with E-state index >= 15 is 0 Å². The minimum Gasteiger partial charge on any atom is -0.361 e. The lowest BCUT2D eigenvalue weighted by molar-refractivity contribution is -0.384. The second-order valence-corrected chi connectivity index (χ2v) is 8.72. The van der Waals surface area contributed by atoms with Gasteiger partial charge >= 0.3 is 0 Å². The van der Waals surface area contributed by atoms with Crippen LogP contribution in [0.3, 0.4) is 0 Å². The lowest BCUT2D eigenvalue weighted by Gasteiger charge is -2.03. The molecule has 156 valence electrons. The van der Waals surface area contributed by atoms with Gasteiger partial charge in [-0.05, 0) is 37.3 Å². The Hall–Kier alpha value is -3.30. The van der Waals surface area contributed by atoms with Gasteiger partial charge in [0.2, 0.25) is 4.80 Å². The van der Waals surface area contributed by atoms with E-state index in [0.29, 0.717) is 11.3 Å². The SMILES string of the molecule is C=C(C)CN=c1scc(-c2ccc([N+](=O)[O-])cc2)n1N=Cc1c[nH]c2ccc(Br)cc12. The molecule has 9 heteroatoms. The largest absolute Gasteiger partial charge is 0.361 e. The molecule has 0 unspecified atom stereocenters. The molecule has 0 aliphatic heterocycles. The van der Waals surface area contributed by atoms with Crippen molar-refractivity contribution in [3.05, 3.63) is 91.1 Å². The van der Waals surface area contributed by atoms with E-state index in [9.17, 15) is 10.1 Å². The topological polar surface area (TPSA) is 88.6 Å². The van der Waals surface area contributed by atoms with Crippen molar-refractivity contribution in [1.82, 2.24) is 9.66 Å². The van der Waals surface area contributed by atoms with Gasteiger partial charge in [0.25, 0.3) is 5.69 Å². The highest BCUT2D eigenvalue weighted by atomic mass is 79.9. The first-order chi connectivity index (χ1) is 14.9. The maximum atomic E-state index is 11.0. The lowest BCUT2D eigenvalue weighted by atomic mass is 10.1. The molecule has 0 saturated carbocycles. The fourth-order valence-corrected chi connectivity index (χ4v) is 4.21. The summed E-state index contributed by atoms with van der Waals surface area (Å²) in [5.74, 6) is 0. The van der Waals surface area contributed by atoms with E-state index in [1.54, 1.807) is 23.0 Å². The van der Waals surface area contributed by atoms with Gasteiger partial charge in [0.1, 0.15) is 0 Å². The Morgan fingerprint density at radius 3 is 2.81 bits per heavy atom. The van der Waals surface area contributed by atoms with Gasteiger partial charge in [-0.25, -0.2) is 4.68 Å². The standard InChI is InChI=1S/C22H18BrN5O2S/c1-14(2)10-25-22-27(21(13-31-22)15-3-6-18(7-4-15)28(29)30)26-12-16-11-24-20-8-5-17(23)9-19(16)20/h3-9,11-13,24H,1,10H2,2H3. The minimum atomic E-state index is -0.410. The van der Waals surface area contributed by atoms with Crippen molar-refractivity contribution < 1.29 is 4.92 Å². The number of fused-ring (bicyclic) bond motifs is 1. The van der Waals surface area contributed by atoms with Crippen LogP contribution in [-0.2, 0) is 0 Å². The third kappa shape index (κ3) is 4.57. The van der Waals surface area contributed by atoms with Gasteiger partial charge < -0.3 is 4.98 Å². The van der Waals surface area contributed by atoms with E-state index in [1.807, 2.05) is 36.7 Å². The van der Waals surface area contributed by atoms with Crippen molar-refractivity contribution in [2.45, 2.75) is 6.92 Å². The molecule has 0 atom stereocenters. The third-order valence-corrected chi connectivity index (χ3v) is 5.88. The summed E-state index contributed by atoms with van der Waals surface area (Å²) in [6, 6.07) is 12.4. The third-order valence-electron chi connectivity index (χ3n) is 4.53. The Morgan fingerprint density at radius 1 is 1.32 bits per heavy atom. The quantitative estimate of drug-likeness (QED) is 0.160.